The van der Waals surface area contributed by atoms with E-state index >= 15 is 0 Å². The molecular weight excluding hydrogens is 346 g/mol. The number of unbranched alkanes of at least 4 members (excludes halogenated alkanes) is 13. The number of nitrogens with two attached hydrogens (primary N) is 1. The summed E-state index contributed by atoms with van der Waals surface area (Å²) < 4.78 is 0. The highest BCUT2D eigenvalue weighted by atomic mass is 16.3. The van der Waals surface area contributed by atoms with Crippen LogP contribution in [0.4, 0.5) is 0 Å². The quantitative estimate of drug-likeness (QED) is 0.190. The topological polar surface area (TPSA) is 70.3 Å². The highest BCUT2D eigenvalue weighted by Crippen LogP contribution is 2.13. The minimum atomic E-state index is -0.210. The Kier molecular flexibility index (Phi) is 21.4. The second kappa shape index (κ2) is 21.5. The van der Waals surface area contributed by atoms with Crippen LogP contribution in [0, 0.1) is 0 Å². The summed E-state index contributed by atoms with van der Waals surface area (Å²) in [6, 6.07) is 0.576. The predicted molar refractivity (Wildman–Crippen MR) is 125 cm³/mol. The molecule has 0 saturated heterocycles. The van der Waals surface area contributed by atoms with Gasteiger partial charge in [-0.05, 0) is 20.3 Å². The normalized spacial score (nSPS) is 14.9. The molecule has 3 unspecified atom stereocenters. The molecule has 3 atom stereocenters. The fourth-order valence-electron chi connectivity index (χ4n) is 3.60. The maximum absolute atomic E-state index is 10.1. The summed E-state index contributed by atoms with van der Waals surface area (Å²) in [4.78, 5) is 0. The molecule has 4 nitrogen and oxygen atoms in total. The van der Waals surface area contributed by atoms with E-state index in [2.05, 4.69) is 24.5 Å². The lowest BCUT2D eigenvalue weighted by molar-refractivity contribution is 0.157. The molecule has 0 aromatic carbocycles. The number of hydrogen-bond acceptors (Lipinski definition) is 4. The van der Waals surface area contributed by atoms with Crippen molar-refractivity contribution in [2.75, 3.05) is 19.6 Å². The number of rotatable bonds is 22. The molecule has 0 amide bonds. The lowest BCUT2D eigenvalue weighted by atomic mass is 10.0. The SMILES string of the molecule is CCCCCCCCCCCCCCCCC(O)CNCC(C)NCC(C)N. The van der Waals surface area contributed by atoms with Crippen molar-refractivity contribution in [3.63, 3.8) is 0 Å². The molecule has 4 heteroatoms. The van der Waals surface area contributed by atoms with Crippen molar-refractivity contribution < 1.29 is 5.11 Å². The predicted octanol–water partition coefficient (Wildman–Crippen LogP) is 5.13. The Bertz CT molecular complexity index is 300. The largest absolute Gasteiger partial charge is 0.392 e. The third kappa shape index (κ3) is 22.1. The molecule has 0 aliphatic carbocycles. The van der Waals surface area contributed by atoms with E-state index in [-0.39, 0.29) is 12.1 Å². The van der Waals surface area contributed by atoms with Crippen molar-refractivity contribution in [2.24, 2.45) is 5.73 Å². The Balaban J connectivity index is 3.23. The summed E-state index contributed by atoms with van der Waals surface area (Å²) >= 11 is 0. The van der Waals surface area contributed by atoms with Gasteiger partial charge in [-0.15, -0.1) is 0 Å². The first-order valence-corrected chi connectivity index (χ1v) is 12.4. The van der Waals surface area contributed by atoms with E-state index < -0.39 is 0 Å². The van der Waals surface area contributed by atoms with Crippen LogP contribution in [0.15, 0.2) is 0 Å². The first-order chi connectivity index (χ1) is 13.6. The maximum atomic E-state index is 10.1. The standard InChI is InChI=1S/C24H53N3O/c1-4-5-6-7-8-9-10-11-12-13-14-15-16-17-18-24(28)21-26-20-23(3)27-19-22(2)25/h22-24,26-28H,4-21,25H2,1-3H3. The first kappa shape index (κ1) is 27.8. The van der Waals surface area contributed by atoms with Gasteiger partial charge in [0.2, 0.25) is 0 Å². The van der Waals surface area contributed by atoms with Crippen LogP contribution in [0.3, 0.4) is 0 Å². The first-order valence-electron chi connectivity index (χ1n) is 12.4. The average Bonchev–Trinajstić information content (AvgIpc) is 2.66. The van der Waals surface area contributed by atoms with Gasteiger partial charge in [-0.25, -0.2) is 0 Å². The van der Waals surface area contributed by atoms with E-state index in [1.165, 1.54) is 83.5 Å². The average molecular weight is 400 g/mol. The maximum Gasteiger partial charge on any atom is 0.0664 e. The molecule has 0 aliphatic rings. The lowest BCUT2D eigenvalue weighted by Crippen LogP contribution is -2.43. The van der Waals surface area contributed by atoms with Crippen LogP contribution in [-0.4, -0.2) is 42.9 Å². The van der Waals surface area contributed by atoms with Crippen LogP contribution < -0.4 is 16.4 Å². The molecule has 0 saturated carbocycles. The highest BCUT2D eigenvalue weighted by Gasteiger charge is 2.06. The van der Waals surface area contributed by atoms with Gasteiger partial charge in [-0.3, -0.25) is 0 Å². The minimum absolute atomic E-state index is 0.188. The monoisotopic (exact) mass is 399 g/mol. The summed E-state index contributed by atoms with van der Waals surface area (Å²) in [5.41, 5.74) is 5.74. The molecule has 0 rings (SSSR count). The van der Waals surface area contributed by atoms with E-state index in [0.717, 1.165) is 25.9 Å². The van der Waals surface area contributed by atoms with E-state index in [9.17, 15) is 5.11 Å². The van der Waals surface area contributed by atoms with Gasteiger partial charge in [0.1, 0.15) is 0 Å². The van der Waals surface area contributed by atoms with Gasteiger partial charge in [0.25, 0.3) is 0 Å². The Hall–Kier alpha value is -0.160. The molecule has 0 heterocycles. The van der Waals surface area contributed by atoms with Gasteiger partial charge in [0.15, 0.2) is 0 Å². The van der Waals surface area contributed by atoms with Gasteiger partial charge < -0.3 is 21.5 Å². The van der Waals surface area contributed by atoms with Crippen molar-refractivity contribution in [1.82, 2.24) is 10.6 Å². The molecule has 0 radical (unpaired) electrons. The second-order valence-corrected chi connectivity index (χ2v) is 8.98. The molecule has 0 aromatic heterocycles. The van der Waals surface area contributed by atoms with Gasteiger partial charge in [-0.2, -0.15) is 0 Å². The van der Waals surface area contributed by atoms with E-state index in [0.29, 0.717) is 12.6 Å². The van der Waals surface area contributed by atoms with Crippen LogP contribution >= 0.6 is 0 Å². The van der Waals surface area contributed by atoms with E-state index in [4.69, 9.17) is 5.73 Å². The van der Waals surface area contributed by atoms with Gasteiger partial charge >= 0.3 is 0 Å². The summed E-state index contributed by atoms with van der Waals surface area (Å²) in [5, 5.41) is 16.8. The number of aliphatic hydroxyl groups excluding tert-OH is 1. The van der Waals surface area contributed by atoms with E-state index in [1.54, 1.807) is 0 Å². The van der Waals surface area contributed by atoms with Gasteiger partial charge in [-0.1, -0.05) is 96.8 Å². The van der Waals surface area contributed by atoms with Crippen LogP contribution in [-0.2, 0) is 0 Å². The number of hydrogen-bond donors (Lipinski definition) is 4. The highest BCUT2D eigenvalue weighted by molar-refractivity contribution is 4.69. The molecule has 0 bridgehead atoms. The van der Waals surface area contributed by atoms with Crippen LogP contribution in [0.25, 0.3) is 0 Å². The number of nitrogens with one attached hydrogen (secondary N) is 2. The number of aliphatic hydroxyl groups is 1. The van der Waals surface area contributed by atoms with Crippen LogP contribution in [0.5, 0.6) is 0 Å². The Morgan fingerprint density at radius 2 is 1.14 bits per heavy atom. The van der Waals surface area contributed by atoms with Crippen molar-refractivity contribution in [1.29, 1.82) is 0 Å². The lowest BCUT2D eigenvalue weighted by Gasteiger charge is -2.18. The molecule has 0 aliphatic heterocycles. The zero-order valence-electron chi connectivity index (χ0n) is 19.5. The Morgan fingerprint density at radius 3 is 1.61 bits per heavy atom. The summed E-state index contributed by atoms with van der Waals surface area (Å²) in [6.45, 7) is 8.85. The zero-order valence-corrected chi connectivity index (χ0v) is 19.5. The molecule has 0 spiro atoms. The Morgan fingerprint density at radius 1 is 0.679 bits per heavy atom. The molecular formula is C24H53N3O. The van der Waals surface area contributed by atoms with E-state index in [1.807, 2.05) is 6.92 Å². The van der Waals surface area contributed by atoms with Crippen molar-refractivity contribution >= 4 is 0 Å². The fraction of sp³-hybridized carbons (Fsp3) is 1.00. The zero-order chi connectivity index (χ0) is 20.9. The molecule has 0 fully saturated rings. The van der Waals surface area contributed by atoms with Crippen molar-refractivity contribution in [3.05, 3.63) is 0 Å². The molecule has 5 N–H and O–H groups in total. The Labute approximate surface area is 176 Å². The van der Waals surface area contributed by atoms with Crippen molar-refractivity contribution in [2.45, 2.75) is 135 Å². The molecule has 0 aromatic rings. The second-order valence-electron chi connectivity index (χ2n) is 8.98. The summed E-state index contributed by atoms with van der Waals surface area (Å²) in [6.07, 6.45) is 20.0. The van der Waals surface area contributed by atoms with Crippen molar-refractivity contribution in [3.8, 4) is 0 Å². The van der Waals surface area contributed by atoms with Crippen LogP contribution in [0.1, 0.15) is 117 Å². The van der Waals surface area contributed by atoms with Gasteiger partial charge in [0.05, 0.1) is 6.10 Å². The fourth-order valence-corrected chi connectivity index (χ4v) is 3.60. The smallest absolute Gasteiger partial charge is 0.0664 e. The summed E-state index contributed by atoms with van der Waals surface area (Å²) in [7, 11) is 0. The third-order valence-electron chi connectivity index (χ3n) is 5.51. The van der Waals surface area contributed by atoms with Crippen LogP contribution in [0.2, 0.25) is 0 Å². The molecule has 28 heavy (non-hydrogen) atoms. The van der Waals surface area contributed by atoms with Gasteiger partial charge in [0, 0.05) is 31.7 Å². The molecule has 170 valence electrons. The third-order valence-corrected chi connectivity index (χ3v) is 5.51. The minimum Gasteiger partial charge on any atom is -0.392 e. The summed E-state index contributed by atoms with van der Waals surface area (Å²) in [5.74, 6) is 0.